The van der Waals surface area contributed by atoms with Gasteiger partial charge in [0.25, 0.3) is 5.91 Å². The molecule has 2 aromatic carbocycles. The minimum absolute atomic E-state index is 0.0508. The molecule has 30 heavy (non-hydrogen) atoms. The van der Waals surface area contributed by atoms with Gasteiger partial charge in [0.15, 0.2) is 0 Å². The molecule has 4 rings (SSSR count). The van der Waals surface area contributed by atoms with E-state index < -0.39 is 21.7 Å². The highest BCUT2D eigenvalue weighted by atomic mass is 32.2. The molecule has 0 saturated carbocycles. The molecule has 3 N–H and O–H groups in total. The van der Waals surface area contributed by atoms with Crippen LogP contribution in [-0.4, -0.2) is 47.7 Å². The van der Waals surface area contributed by atoms with Crippen molar-refractivity contribution in [2.75, 3.05) is 18.8 Å². The third-order valence-corrected chi connectivity index (χ3v) is 7.64. The van der Waals surface area contributed by atoms with Gasteiger partial charge in [-0.2, -0.15) is 5.10 Å². The molecule has 158 valence electrons. The Labute approximate surface area is 174 Å². The predicted molar refractivity (Wildman–Crippen MR) is 113 cm³/mol. The van der Waals surface area contributed by atoms with Crippen molar-refractivity contribution in [1.82, 2.24) is 14.5 Å². The Balaban J connectivity index is 1.76. The fraction of sp³-hybridized carbons (Fsp3) is 0.333. The number of fused-ring (bicyclic) bond motifs is 1. The van der Waals surface area contributed by atoms with Crippen LogP contribution in [0.1, 0.15) is 41.7 Å². The van der Waals surface area contributed by atoms with Crippen molar-refractivity contribution >= 4 is 26.8 Å². The predicted octanol–water partition coefficient (Wildman–Crippen LogP) is 3.00. The number of piperidine rings is 1. The van der Waals surface area contributed by atoms with Crippen molar-refractivity contribution in [3.8, 4) is 11.1 Å². The third-order valence-electron chi connectivity index (χ3n) is 5.76. The first-order chi connectivity index (χ1) is 14.3. The summed E-state index contributed by atoms with van der Waals surface area (Å²) in [4.78, 5) is 12.1. The van der Waals surface area contributed by atoms with Crippen LogP contribution < -0.4 is 5.73 Å². The molecule has 0 aliphatic carbocycles. The Hall–Kier alpha value is -2.78. The molecular weight excluding hydrogens is 407 g/mol. The number of hydrogen-bond acceptors (Lipinski definition) is 4. The van der Waals surface area contributed by atoms with Gasteiger partial charge in [-0.15, -0.1) is 0 Å². The van der Waals surface area contributed by atoms with E-state index in [0.29, 0.717) is 48.0 Å². The van der Waals surface area contributed by atoms with Gasteiger partial charge in [0.05, 0.1) is 11.3 Å². The number of sulfonamides is 1. The number of rotatable bonds is 5. The molecule has 1 fully saturated rings. The van der Waals surface area contributed by atoms with Crippen LogP contribution in [0.15, 0.2) is 36.4 Å². The number of primary amides is 1. The average molecular weight is 431 g/mol. The van der Waals surface area contributed by atoms with Gasteiger partial charge in [-0.3, -0.25) is 9.89 Å². The number of amides is 1. The zero-order valence-electron chi connectivity index (χ0n) is 16.6. The van der Waals surface area contributed by atoms with Gasteiger partial charge < -0.3 is 5.73 Å². The number of benzene rings is 2. The third kappa shape index (κ3) is 3.59. The van der Waals surface area contributed by atoms with Crippen molar-refractivity contribution in [2.24, 2.45) is 5.73 Å². The summed E-state index contributed by atoms with van der Waals surface area (Å²) in [6, 6.07) is 9.72. The van der Waals surface area contributed by atoms with E-state index in [-0.39, 0.29) is 17.2 Å². The number of nitrogens with zero attached hydrogens (tertiary/aromatic N) is 2. The Kier molecular flexibility index (Phi) is 5.33. The Morgan fingerprint density at radius 1 is 1.27 bits per heavy atom. The molecule has 9 heteroatoms. The fourth-order valence-corrected chi connectivity index (χ4v) is 5.22. The van der Waals surface area contributed by atoms with Crippen LogP contribution in [0.25, 0.3) is 22.0 Å². The maximum absolute atomic E-state index is 14.4. The van der Waals surface area contributed by atoms with Crippen LogP contribution >= 0.6 is 0 Å². The van der Waals surface area contributed by atoms with E-state index in [1.807, 2.05) is 6.07 Å². The van der Waals surface area contributed by atoms with Crippen molar-refractivity contribution in [3.05, 3.63) is 53.5 Å². The number of halogens is 1. The van der Waals surface area contributed by atoms with Gasteiger partial charge >= 0.3 is 0 Å². The summed E-state index contributed by atoms with van der Waals surface area (Å²) in [5.41, 5.74) is 7.98. The number of aromatic nitrogens is 2. The lowest BCUT2D eigenvalue weighted by Gasteiger charge is -2.30. The number of carbonyl (C=O) groups is 1. The first-order valence-electron chi connectivity index (χ1n) is 9.86. The largest absolute Gasteiger partial charge is 0.366 e. The molecule has 0 atom stereocenters. The SMILES string of the molecule is CCS(=O)(=O)N1CCC(c2[nH]nc3c(C(N)=O)cc(-c4ccccc4F)cc23)CC1. The lowest BCUT2D eigenvalue weighted by Crippen LogP contribution is -2.38. The molecule has 1 amide bonds. The van der Waals surface area contributed by atoms with Crippen LogP contribution in [0, 0.1) is 5.82 Å². The summed E-state index contributed by atoms with van der Waals surface area (Å²) >= 11 is 0. The molecular formula is C21H23FN4O3S. The molecule has 7 nitrogen and oxygen atoms in total. The molecule has 2 heterocycles. The first kappa shape index (κ1) is 20.5. The maximum Gasteiger partial charge on any atom is 0.251 e. The lowest BCUT2D eigenvalue weighted by molar-refractivity contribution is 0.100. The van der Waals surface area contributed by atoms with E-state index in [0.717, 1.165) is 5.69 Å². The average Bonchev–Trinajstić information content (AvgIpc) is 3.17. The van der Waals surface area contributed by atoms with E-state index in [1.54, 1.807) is 31.2 Å². The van der Waals surface area contributed by atoms with Crippen molar-refractivity contribution < 1.29 is 17.6 Å². The first-order valence-corrected chi connectivity index (χ1v) is 11.5. The standard InChI is InChI=1S/C21H23FN4O3S/c1-2-30(28,29)26-9-7-13(8-10-26)19-16-11-14(15-5-3-4-6-18(15)22)12-17(21(23)27)20(16)25-24-19/h3-6,11-13H,2,7-10H2,1H3,(H2,23,27)(H,24,25). The van der Waals surface area contributed by atoms with E-state index in [4.69, 9.17) is 5.73 Å². The van der Waals surface area contributed by atoms with Crippen LogP contribution in [0.5, 0.6) is 0 Å². The van der Waals surface area contributed by atoms with Crippen LogP contribution in [0.3, 0.4) is 0 Å². The van der Waals surface area contributed by atoms with E-state index in [1.165, 1.54) is 10.4 Å². The van der Waals surface area contributed by atoms with E-state index >= 15 is 0 Å². The Morgan fingerprint density at radius 2 is 1.97 bits per heavy atom. The van der Waals surface area contributed by atoms with Crippen molar-refractivity contribution in [3.63, 3.8) is 0 Å². The zero-order chi connectivity index (χ0) is 21.5. The quantitative estimate of drug-likeness (QED) is 0.648. The topological polar surface area (TPSA) is 109 Å². The summed E-state index contributed by atoms with van der Waals surface area (Å²) < 4.78 is 40.2. The number of carbonyl (C=O) groups excluding carboxylic acids is 1. The summed E-state index contributed by atoms with van der Waals surface area (Å²) in [6.45, 7) is 2.49. The van der Waals surface area contributed by atoms with Gasteiger partial charge in [0.1, 0.15) is 11.3 Å². The number of aromatic amines is 1. The molecule has 1 aromatic heterocycles. The van der Waals surface area contributed by atoms with Gasteiger partial charge in [-0.05, 0) is 43.5 Å². The number of nitrogens with two attached hydrogens (primary N) is 1. The molecule has 0 bridgehead atoms. The molecule has 3 aromatic rings. The molecule has 0 spiro atoms. The monoisotopic (exact) mass is 430 g/mol. The summed E-state index contributed by atoms with van der Waals surface area (Å²) in [5, 5.41) is 8.03. The van der Waals surface area contributed by atoms with Crippen LogP contribution in [0.4, 0.5) is 4.39 Å². The minimum atomic E-state index is -3.22. The van der Waals surface area contributed by atoms with Gasteiger partial charge in [-0.1, -0.05) is 18.2 Å². The van der Waals surface area contributed by atoms with E-state index in [9.17, 15) is 17.6 Å². The van der Waals surface area contributed by atoms with Crippen molar-refractivity contribution in [2.45, 2.75) is 25.7 Å². The highest BCUT2D eigenvalue weighted by Crippen LogP contribution is 2.36. The summed E-state index contributed by atoms with van der Waals surface area (Å²) in [6.07, 6.45) is 1.26. The second-order valence-electron chi connectivity index (χ2n) is 7.48. The molecule has 1 aliphatic rings. The van der Waals surface area contributed by atoms with Crippen LogP contribution in [-0.2, 0) is 10.0 Å². The highest BCUT2D eigenvalue weighted by Gasteiger charge is 2.30. The number of nitrogens with one attached hydrogen (secondary N) is 1. The second-order valence-corrected chi connectivity index (χ2v) is 9.73. The molecule has 0 radical (unpaired) electrons. The smallest absolute Gasteiger partial charge is 0.251 e. The Morgan fingerprint density at radius 3 is 2.60 bits per heavy atom. The Bertz CT molecular complexity index is 1210. The number of H-pyrrole nitrogens is 1. The fourth-order valence-electron chi connectivity index (χ4n) is 4.09. The summed E-state index contributed by atoms with van der Waals surface area (Å²) in [5.74, 6) is -0.899. The van der Waals surface area contributed by atoms with E-state index in [2.05, 4.69) is 10.2 Å². The minimum Gasteiger partial charge on any atom is -0.366 e. The lowest BCUT2D eigenvalue weighted by atomic mass is 9.90. The number of hydrogen-bond donors (Lipinski definition) is 2. The molecule has 1 saturated heterocycles. The summed E-state index contributed by atoms with van der Waals surface area (Å²) in [7, 11) is -3.22. The maximum atomic E-state index is 14.4. The molecule has 0 unspecified atom stereocenters. The van der Waals surface area contributed by atoms with Gasteiger partial charge in [0.2, 0.25) is 10.0 Å². The second kappa shape index (κ2) is 7.81. The van der Waals surface area contributed by atoms with Gasteiger partial charge in [-0.25, -0.2) is 17.1 Å². The normalized spacial score (nSPS) is 16.2. The van der Waals surface area contributed by atoms with Crippen LogP contribution in [0.2, 0.25) is 0 Å². The van der Waals surface area contributed by atoms with Gasteiger partial charge in [0, 0.05) is 35.7 Å². The zero-order valence-corrected chi connectivity index (χ0v) is 17.4. The molecule has 1 aliphatic heterocycles. The highest BCUT2D eigenvalue weighted by molar-refractivity contribution is 7.89. The van der Waals surface area contributed by atoms with Crippen molar-refractivity contribution in [1.29, 1.82) is 0 Å².